The van der Waals surface area contributed by atoms with Crippen LogP contribution < -0.4 is 20.1 Å². The van der Waals surface area contributed by atoms with Crippen molar-refractivity contribution >= 4 is 39.9 Å². The Bertz CT molecular complexity index is 1170. The lowest BCUT2D eigenvalue weighted by molar-refractivity contribution is -0.126. The van der Waals surface area contributed by atoms with Crippen LogP contribution in [0.5, 0.6) is 11.5 Å². The highest BCUT2D eigenvalue weighted by atomic mass is 35.5. The Hall–Kier alpha value is -3.17. The number of carbonyl (C=O) groups is 1. The van der Waals surface area contributed by atoms with Crippen molar-refractivity contribution in [2.24, 2.45) is 5.92 Å². The zero-order valence-corrected chi connectivity index (χ0v) is 19.5. The van der Waals surface area contributed by atoms with Crippen molar-refractivity contribution < 1.29 is 18.7 Å². The maximum absolute atomic E-state index is 14.4. The van der Waals surface area contributed by atoms with Crippen molar-refractivity contribution in [1.29, 1.82) is 0 Å². The predicted molar refractivity (Wildman–Crippen MR) is 129 cm³/mol. The van der Waals surface area contributed by atoms with Crippen molar-refractivity contribution in [2.75, 3.05) is 25.5 Å². The van der Waals surface area contributed by atoms with E-state index in [-0.39, 0.29) is 35.2 Å². The van der Waals surface area contributed by atoms with Gasteiger partial charge in [-0.3, -0.25) is 4.79 Å². The first-order valence-corrected chi connectivity index (χ1v) is 11.5. The number of halogens is 2. The Labute approximate surface area is 202 Å². The van der Waals surface area contributed by atoms with Crippen molar-refractivity contribution in [1.82, 2.24) is 15.3 Å². The second-order valence-electron chi connectivity index (χ2n) is 8.10. The second-order valence-corrected chi connectivity index (χ2v) is 8.51. The van der Waals surface area contributed by atoms with Crippen LogP contribution in [0, 0.1) is 11.7 Å². The van der Waals surface area contributed by atoms with E-state index in [0.717, 1.165) is 12.8 Å². The van der Waals surface area contributed by atoms with Crippen LogP contribution >= 0.6 is 11.6 Å². The highest BCUT2D eigenvalue weighted by molar-refractivity contribution is 6.31. The van der Waals surface area contributed by atoms with Gasteiger partial charge in [-0.2, -0.15) is 0 Å². The second kappa shape index (κ2) is 10.8. The maximum atomic E-state index is 14.4. The minimum Gasteiger partial charge on any atom is -0.676 e. The highest BCUT2D eigenvalue weighted by Gasteiger charge is 2.28. The zero-order chi connectivity index (χ0) is 24.1. The number of methoxy groups -OCH3 is 1. The van der Waals surface area contributed by atoms with Crippen molar-refractivity contribution in [2.45, 2.75) is 31.8 Å². The first-order chi connectivity index (χ1) is 16.5. The molecule has 1 fully saturated rings. The van der Waals surface area contributed by atoms with Gasteiger partial charge in [-0.05, 0) is 50.4 Å². The van der Waals surface area contributed by atoms with Gasteiger partial charge in [0.15, 0.2) is 17.3 Å². The molecule has 10 heteroatoms. The average Bonchev–Trinajstić information content (AvgIpc) is 2.85. The van der Waals surface area contributed by atoms with Gasteiger partial charge >= 0.3 is 0 Å². The lowest BCUT2D eigenvalue weighted by Crippen LogP contribution is -2.36. The normalized spacial score (nSPS) is 17.9. The first kappa shape index (κ1) is 24.0. The number of rotatable bonds is 8. The van der Waals surface area contributed by atoms with Gasteiger partial charge in [0.1, 0.15) is 12.1 Å². The zero-order valence-electron chi connectivity index (χ0n) is 18.7. The number of benzene rings is 2. The molecule has 0 saturated heterocycles. The molecule has 1 amide bonds. The summed E-state index contributed by atoms with van der Waals surface area (Å²) in [5.41, 5.74) is 7.99. The van der Waals surface area contributed by atoms with E-state index >= 15 is 0 Å². The number of nitrogens with one attached hydrogen (secondary N) is 3. The van der Waals surface area contributed by atoms with Gasteiger partial charge in [0.2, 0.25) is 5.91 Å². The van der Waals surface area contributed by atoms with Crippen molar-refractivity contribution in [3.63, 3.8) is 0 Å². The molecule has 8 nitrogen and oxygen atoms in total. The van der Waals surface area contributed by atoms with E-state index in [1.54, 1.807) is 31.4 Å². The third kappa shape index (κ3) is 5.31. The molecular formula is C24H26ClFN5O3-. The molecule has 34 heavy (non-hydrogen) atoms. The molecule has 1 aromatic heterocycles. The lowest BCUT2D eigenvalue weighted by atomic mass is 9.86. The summed E-state index contributed by atoms with van der Waals surface area (Å²) in [6, 6.07) is 8.25. The average molecular weight is 487 g/mol. The number of nitrogens with zero attached hydrogens (tertiary/aromatic N) is 2. The number of hydrogen-bond acceptors (Lipinski definition) is 6. The molecule has 0 unspecified atom stereocenters. The van der Waals surface area contributed by atoms with Crippen LogP contribution in [-0.2, 0) is 4.79 Å². The summed E-state index contributed by atoms with van der Waals surface area (Å²) in [7, 11) is 1.56. The van der Waals surface area contributed by atoms with Crippen LogP contribution in [0.25, 0.3) is 16.6 Å². The number of carbonyl (C=O) groups excluding carboxylic acids is 1. The molecule has 0 bridgehead atoms. The fraction of sp³-hybridized carbons (Fsp3) is 0.375. The fourth-order valence-corrected chi connectivity index (χ4v) is 4.27. The van der Waals surface area contributed by atoms with E-state index in [0.29, 0.717) is 47.6 Å². The van der Waals surface area contributed by atoms with Gasteiger partial charge in [0.05, 0.1) is 29.4 Å². The highest BCUT2D eigenvalue weighted by Crippen LogP contribution is 2.38. The van der Waals surface area contributed by atoms with Gasteiger partial charge in [-0.15, -0.1) is 6.54 Å². The minimum absolute atomic E-state index is 0.00935. The van der Waals surface area contributed by atoms with Crippen molar-refractivity contribution in [3.8, 4) is 11.5 Å². The quantitative estimate of drug-likeness (QED) is 0.448. The number of aromatic nitrogens is 2. The topological polar surface area (TPSA) is 109 Å². The first-order valence-electron chi connectivity index (χ1n) is 11.1. The summed E-state index contributed by atoms with van der Waals surface area (Å²) in [6.45, 7) is 0.553. The molecule has 3 N–H and O–H groups in total. The third-order valence-electron chi connectivity index (χ3n) is 5.89. The molecule has 1 aliphatic rings. The van der Waals surface area contributed by atoms with Gasteiger partial charge in [0.25, 0.3) is 0 Å². The number of ether oxygens (including phenoxy) is 2. The molecule has 2 aromatic carbocycles. The standard InChI is InChI=1S/C24H26ClFN5O3/c1-33-20-12-19-16(23(30-13-29-19)31-18-4-2-3-17(25)22(18)26)11-21(20)34-15-7-5-14(6-8-15)24(32)28-10-9-27/h2-4,11-15,27H,5-10H2,1H3,(H,28,32)(H,29,30,31)/q-1. The summed E-state index contributed by atoms with van der Waals surface area (Å²) >= 11 is 5.91. The van der Waals surface area contributed by atoms with E-state index in [2.05, 4.69) is 20.6 Å². The van der Waals surface area contributed by atoms with E-state index in [4.69, 9.17) is 26.8 Å². The number of fused-ring (bicyclic) bond motifs is 1. The molecule has 1 saturated carbocycles. The molecule has 0 atom stereocenters. The molecule has 0 radical (unpaired) electrons. The monoisotopic (exact) mass is 486 g/mol. The Morgan fingerprint density at radius 1 is 1.21 bits per heavy atom. The SMILES string of the molecule is COc1cc2ncnc(Nc3cccc(Cl)c3F)c2cc1OC1CCC(C(=O)NCC[NH-])CC1. The number of hydrogen-bond donors (Lipinski definition) is 2. The Morgan fingerprint density at radius 3 is 2.74 bits per heavy atom. The van der Waals surface area contributed by atoms with Gasteiger partial charge in [0, 0.05) is 17.4 Å². The summed E-state index contributed by atoms with van der Waals surface area (Å²) in [5, 5.41) is 6.44. The molecule has 1 heterocycles. The molecule has 0 spiro atoms. The molecular weight excluding hydrogens is 461 g/mol. The third-order valence-corrected chi connectivity index (χ3v) is 6.18. The predicted octanol–water partition coefficient (Wildman–Crippen LogP) is 5.28. The van der Waals surface area contributed by atoms with Gasteiger partial charge in [-0.1, -0.05) is 17.7 Å². The van der Waals surface area contributed by atoms with Gasteiger partial charge < -0.3 is 25.8 Å². The molecule has 180 valence electrons. The minimum atomic E-state index is -0.565. The Balaban J connectivity index is 1.54. The van der Waals surface area contributed by atoms with E-state index in [9.17, 15) is 9.18 Å². The Morgan fingerprint density at radius 2 is 2.00 bits per heavy atom. The lowest BCUT2D eigenvalue weighted by Gasteiger charge is -2.29. The Kier molecular flexibility index (Phi) is 7.64. The molecule has 1 aliphatic carbocycles. The molecule has 4 rings (SSSR count). The molecule has 3 aromatic rings. The van der Waals surface area contributed by atoms with E-state index in [1.165, 1.54) is 12.4 Å². The smallest absolute Gasteiger partial charge is 0.223 e. The van der Waals surface area contributed by atoms with Gasteiger partial charge in [-0.25, -0.2) is 14.4 Å². The fourth-order valence-electron chi connectivity index (χ4n) is 4.10. The maximum Gasteiger partial charge on any atom is 0.223 e. The van der Waals surface area contributed by atoms with Crippen LogP contribution in [0.1, 0.15) is 25.7 Å². The van der Waals surface area contributed by atoms with E-state index in [1.807, 2.05) is 0 Å². The summed E-state index contributed by atoms with van der Waals surface area (Å²) in [4.78, 5) is 20.8. The van der Waals surface area contributed by atoms with Crippen LogP contribution in [0.2, 0.25) is 5.02 Å². The number of amides is 1. The van der Waals surface area contributed by atoms with E-state index < -0.39 is 5.82 Å². The summed E-state index contributed by atoms with van der Waals surface area (Å²) in [5.74, 6) is 0.859. The number of anilines is 2. The van der Waals surface area contributed by atoms with Crippen molar-refractivity contribution in [3.05, 3.63) is 53.2 Å². The largest absolute Gasteiger partial charge is 0.676 e. The molecule has 0 aliphatic heterocycles. The van der Waals surface area contributed by atoms with Crippen LogP contribution in [-0.4, -0.2) is 42.2 Å². The van der Waals surface area contributed by atoms with Crippen LogP contribution in [0.4, 0.5) is 15.9 Å². The van der Waals surface area contributed by atoms with Crippen LogP contribution in [0.15, 0.2) is 36.7 Å². The summed E-state index contributed by atoms with van der Waals surface area (Å²) < 4.78 is 26.2. The van der Waals surface area contributed by atoms with Crippen LogP contribution in [0.3, 0.4) is 0 Å². The summed E-state index contributed by atoms with van der Waals surface area (Å²) in [6.07, 6.45) is 4.20.